The summed E-state index contributed by atoms with van der Waals surface area (Å²) in [4.78, 5) is 12.2. The minimum absolute atomic E-state index is 0.0269. The Labute approximate surface area is 117 Å². The summed E-state index contributed by atoms with van der Waals surface area (Å²) in [5, 5.41) is 10.4. The van der Waals surface area contributed by atoms with Crippen LogP contribution in [0.5, 0.6) is 5.75 Å². The largest absolute Gasteiger partial charge is 0.507 e. The summed E-state index contributed by atoms with van der Waals surface area (Å²) in [5.74, 6) is 0.413. The van der Waals surface area contributed by atoms with Gasteiger partial charge in [0.15, 0.2) is 5.78 Å². The molecule has 19 heavy (non-hydrogen) atoms. The molecule has 0 radical (unpaired) electrons. The number of hydrogen-bond acceptors (Lipinski definition) is 2. The van der Waals surface area contributed by atoms with Crippen molar-refractivity contribution in [3.05, 3.63) is 41.5 Å². The van der Waals surface area contributed by atoms with Gasteiger partial charge in [0.05, 0.1) is 1.37 Å². The zero-order valence-corrected chi connectivity index (χ0v) is 12.4. The molecule has 0 saturated carbocycles. The van der Waals surface area contributed by atoms with Gasteiger partial charge in [-0.25, -0.2) is 0 Å². The van der Waals surface area contributed by atoms with Crippen LogP contribution < -0.4 is 0 Å². The first-order valence-electron chi connectivity index (χ1n) is 7.20. The third-order valence-electron chi connectivity index (χ3n) is 3.19. The van der Waals surface area contributed by atoms with Crippen LogP contribution in [0.3, 0.4) is 0 Å². The molecule has 1 aromatic rings. The Morgan fingerprint density at radius 3 is 2.58 bits per heavy atom. The summed E-state index contributed by atoms with van der Waals surface area (Å²) in [7, 11) is 0. The fraction of sp³-hybridized carbons (Fsp3) is 0.471. The number of aromatic hydroxyl groups is 1. The standard InChI is InChI=1S/C17H24O2/c1-7-8-15(18)12-9-13(11(2)3)16(19)14(10-12)17(4,5)6/h7,9-11,19H,1,8H2,2-6H3/i1T. The van der Waals surface area contributed by atoms with Crippen molar-refractivity contribution in [3.63, 3.8) is 0 Å². The summed E-state index contributed by atoms with van der Waals surface area (Å²) in [6.45, 7) is 11.2. The Hall–Kier alpha value is -1.57. The molecule has 0 spiro atoms. The lowest BCUT2D eigenvalue weighted by Crippen LogP contribution is -2.14. The molecule has 2 heteroatoms. The van der Waals surface area contributed by atoms with E-state index < -0.39 is 0 Å². The number of phenols is 1. The van der Waals surface area contributed by atoms with E-state index in [1.807, 2.05) is 34.6 Å². The fourth-order valence-electron chi connectivity index (χ4n) is 2.05. The van der Waals surface area contributed by atoms with Crippen LogP contribution in [0.25, 0.3) is 0 Å². The fourth-order valence-corrected chi connectivity index (χ4v) is 2.05. The third-order valence-corrected chi connectivity index (χ3v) is 3.19. The normalized spacial score (nSPS) is 13.1. The second kappa shape index (κ2) is 5.60. The lowest BCUT2D eigenvalue weighted by atomic mass is 9.82. The van der Waals surface area contributed by atoms with Crippen molar-refractivity contribution in [2.24, 2.45) is 0 Å². The molecule has 0 amide bonds. The molecule has 1 aromatic carbocycles. The van der Waals surface area contributed by atoms with E-state index in [4.69, 9.17) is 1.37 Å². The summed E-state index contributed by atoms with van der Waals surface area (Å²) in [6.07, 6.45) is 1.75. The summed E-state index contributed by atoms with van der Waals surface area (Å²) in [5.41, 5.74) is 1.97. The van der Waals surface area contributed by atoms with Crippen LogP contribution in [-0.2, 0) is 5.41 Å². The second-order valence-electron chi connectivity index (χ2n) is 6.23. The zero-order valence-electron chi connectivity index (χ0n) is 13.4. The number of ketones is 1. The molecule has 1 N–H and O–H groups in total. The van der Waals surface area contributed by atoms with Crippen LogP contribution in [0.1, 0.15) is 69.8 Å². The highest BCUT2D eigenvalue weighted by Crippen LogP contribution is 2.37. The van der Waals surface area contributed by atoms with E-state index in [-0.39, 0.29) is 23.5 Å². The second-order valence-corrected chi connectivity index (χ2v) is 6.23. The van der Waals surface area contributed by atoms with Gasteiger partial charge >= 0.3 is 0 Å². The maximum atomic E-state index is 12.2. The van der Waals surface area contributed by atoms with Gasteiger partial charge in [0.1, 0.15) is 5.75 Å². The van der Waals surface area contributed by atoms with E-state index in [2.05, 4.69) is 0 Å². The summed E-state index contributed by atoms with van der Waals surface area (Å²) >= 11 is 0. The zero-order chi connectivity index (χ0) is 15.5. The molecular weight excluding hydrogens is 236 g/mol. The molecule has 0 heterocycles. The first kappa shape index (κ1) is 13.9. The highest BCUT2D eigenvalue weighted by atomic mass is 16.3. The first-order valence-corrected chi connectivity index (χ1v) is 6.62. The van der Waals surface area contributed by atoms with E-state index in [0.717, 1.165) is 17.7 Å². The maximum absolute atomic E-state index is 12.2. The van der Waals surface area contributed by atoms with Crippen molar-refractivity contribution in [3.8, 4) is 5.75 Å². The van der Waals surface area contributed by atoms with Gasteiger partial charge in [-0.3, -0.25) is 4.79 Å². The third kappa shape index (κ3) is 3.46. The predicted octanol–water partition coefficient (Wildman–Crippen LogP) is 4.57. The Bertz CT molecular complexity index is 523. The van der Waals surface area contributed by atoms with Gasteiger partial charge in [0.25, 0.3) is 0 Å². The maximum Gasteiger partial charge on any atom is 0.166 e. The highest BCUT2D eigenvalue weighted by Gasteiger charge is 2.23. The van der Waals surface area contributed by atoms with Crippen LogP contribution in [0.4, 0.5) is 0 Å². The molecule has 0 aliphatic heterocycles. The molecule has 0 atom stereocenters. The van der Waals surface area contributed by atoms with Crippen molar-refractivity contribution in [2.75, 3.05) is 0 Å². The van der Waals surface area contributed by atoms with Crippen LogP contribution in [0, 0.1) is 0 Å². The van der Waals surface area contributed by atoms with E-state index >= 15 is 0 Å². The SMILES string of the molecule is [3H]C=CCC(=O)c1cc(C(C)C)c(O)c(C(C)(C)C)c1. The minimum Gasteiger partial charge on any atom is -0.507 e. The number of phenolic OH excluding ortho intramolecular Hbond substituents is 1. The number of rotatable bonds is 4. The minimum atomic E-state index is -0.227. The molecule has 0 aromatic heterocycles. The monoisotopic (exact) mass is 262 g/mol. The molecule has 0 bridgehead atoms. The Balaban J connectivity index is 3.41. The molecule has 0 unspecified atom stereocenters. The number of Topliss-reactive ketones (excluding diaryl/α,β-unsaturated/α-hetero) is 1. The molecule has 1 rings (SSSR count). The number of benzene rings is 1. The number of carbonyl (C=O) groups excluding carboxylic acids is 1. The molecule has 0 saturated heterocycles. The van der Waals surface area contributed by atoms with Crippen LogP contribution in [0.2, 0.25) is 0 Å². The van der Waals surface area contributed by atoms with Crippen molar-refractivity contribution in [2.45, 2.75) is 52.4 Å². The van der Waals surface area contributed by atoms with Gasteiger partial charge in [-0.2, -0.15) is 0 Å². The topological polar surface area (TPSA) is 37.3 Å². The molecule has 2 nitrogen and oxygen atoms in total. The van der Waals surface area contributed by atoms with Gasteiger partial charge in [0.2, 0.25) is 0 Å². The van der Waals surface area contributed by atoms with Crippen LogP contribution in [-0.4, -0.2) is 10.9 Å². The van der Waals surface area contributed by atoms with Crippen molar-refractivity contribution < 1.29 is 11.3 Å². The van der Waals surface area contributed by atoms with Crippen molar-refractivity contribution in [1.29, 1.82) is 0 Å². The lowest BCUT2D eigenvalue weighted by Gasteiger charge is -2.24. The molecule has 104 valence electrons. The number of allylic oxidation sites excluding steroid dienone is 1. The first-order chi connectivity index (χ1) is 9.18. The molecular formula is C17H24O2. The Morgan fingerprint density at radius 2 is 2.11 bits per heavy atom. The van der Waals surface area contributed by atoms with Crippen molar-refractivity contribution in [1.82, 2.24) is 0 Å². The van der Waals surface area contributed by atoms with Gasteiger partial charge < -0.3 is 5.11 Å². The average Bonchev–Trinajstić information content (AvgIpc) is 2.34. The summed E-state index contributed by atoms with van der Waals surface area (Å²) < 4.78 is 6.97. The Kier molecular flexibility index (Phi) is 4.08. The van der Waals surface area contributed by atoms with Gasteiger partial charge in [-0.1, -0.05) is 40.7 Å². The number of hydrogen-bond donors (Lipinski definition) is 1. The van der Waals surface area contributed by atoms with Gasteiger partial charge in [-0.15, -0.1) is 6.55 Å². The Morgan fingerprint density at radius 1 is 1.47 bits per heavy atom. The van der Waals surface area contributed by atoms with E-state index in [1.54, 1.807) is 12.1 Å². The number of carbonyl (C=O) groups is 1. The predicted molar refractivity (Wildman–Crippen MR) is 80.0 cm³/mol. The van der Waals surface area contributed by atoms with E-state index in [1.165, 1.54) is 6.08 Å². The lowest BCUT2D eigenvalue weighted by molar-refractivity contribution is 0.0995. The quantitative estimate of drug-likeness (QED) is 0.637. The van der Waals surface area contributed by atoms with E-state index in [0.29, 0.717) is 11.3 Å². The molecule has 0 aliphatic rings. The van der Waals surface area contributed by atoms with E-state index in [9.17, 15) is 9.90 Å². The summed E-state index contributed by atoms with van der Waals surface area (Å²) in [6, 6.07) is 3.55. The van der Waals surface area contributed by atoms with Crippen LogP contribution in [0.15, 0.2) is 24.8 Å². The van der Waals surface area contributed by atoms with Gasteiger partial charge in [0, 0.05) is 17.5 Å². The molecule has 0 aliphatic carbocycles. The van der Waals surface area contributed by atoms with Gasteiger partial charge in [-0.05, 0) is 29.0 Å². The van der Waals surface area contributed by atoms with Crippen LogP contribution >= 0.6 is 0 Å². The van der Waals surface area contributed by atoms with Crippen molar-refractivity contribution >= 4 is 5.78 Å². The smallest absolute Gasteiger partial charge is 0.166 e. The molecule has 0 fully saturated rings. The average molecular weight is 262 g/mol. The highest BCUT2D eigenvalue weighted by molar-refractivity contribution is 5.97.